The van der Waals surface area contributed by atoms with Crippen molar-refractivity contribution >= 4 is 23.4 Å². The molecule has 4 fully saturated rings. The summed E-state index contributed by atoms with van der Waals surface area (Å²) in [6, 6.07) is 9.51. The quantitative estimate of drug-likeness (QED) is 0.713. The molecule has 8 heteroatoms. The third-order valence-corrected chi connectivity index (χ3v) is 7.35. The van der Waals surface area contributed by atoms with Gasteiger partial charge in [-0.3, -0.25) is 14.4 Å². The highest BCUT2D eigenvalue weighted by atomic mass is 16.7. The molecule has 4 saturated heterocycles. The third-order valence-electron chi connectivity index (χ3n) is 7.35. The van der Waals surface area contributed by atoms with Crippen LogP contribution in [0.5, 0.6) is 0 Å². The van der Waals surface area contributed by atoms with Crippen molar-refractivity contribution in [1.82, 2.24) is 9.80 Å². The summed E-state index contributed by atoms with van der Waals surface area (Å²) in [6.07, 6.45) is 3.07. The summed E-state index contributed by atoms with van der Waals surface area (Å²) < 4.78 is 11.5. The lowest BCUT2D eigenvalue weighted by Gasteiger charge is -2.40. The van der Waals surface area contributed by atoms with E-state index in [1.807, 2.05) is 40.1 Å². The summed E-state index contributed by atoms with van der Waals surface area (Å²) in [5, 5.41) is 0. The molecule has 0 aromatic heterocycles. The van der Waals surface area contributed by atoms with E-state index in [9.17, 15) is 14.4 Å². The standard InChI is InChI=1S/C24H31N3O5/c28-21-16-19(17-27(21)20-4-2-1-3-5-20)23(30)25-10-6-18(7-11-25)22(29)26-12-8-24(9-13-26)31-14-15-32-24/h1-5,18-19H,6-17H2. The van der Waals surface area contributed by atoms with Crippen LogP contribution in [0, 0.1) is 11.8 Å². The molecule has 0 bridgehead atoms. The second-order valence-electron chi connectivity index (χ2n) is 9.27. The fourth-order valence-electron chi connectivity index (χ4n) is 5.45. The zero-order chi connectivity index (χ0) is 22.1. The molecule has 0 aliphatic carbocycles. The van der Waals surface area contributed by atoms with Gasteiger partial charge in [0.25, 0.3) is 0 Å². The van der Waals surface area contributed by atoms with E-state index in [0.717, 1.165) is 18.5 Å². The lowest BCUT2D eigenvalue weighted by Crippen LogP contribution is -2.51. The Labute approximate surface area is 188 Å². The van der Waals surface area contributed by atoms with Gasteiger partial charge in [-0.2, -0.15) is 0 Å². The van der Waals surface area contributed by atoms with Crippen LogP contribution >= 0.6 is 0 Å². The van der Waals surface area contributed by atoms with Crippen molar-refractivity contribution in [3.63, 3.8) is 0 Å². The number of nitrogens with zero attached hydrogens (tertiary/aromatic N) is 3. The van der Waals surface area contributed by atoms with Gasteiger partial charge in [0.2, 0.25) is 17.7 Å². The normalized spacial score (nSPS) is 26.2. The smallest absolute Gasteiger partial charge is 0.228 e. The number of hydrogen-bond acceptors (Lipinski definition) is 5. The van der Waals surface area contributed by atoms with Gasteiger partial charge in [0.15, 0.2) is 5.79 Å². The minimum atomic E-state index is -0.473. The lowest BCUT2D eigenvalue weighted by atomic mass is 9.92. The van der Waals surface area contributed by atoms with Crippen LogP contribution in [0.25, 0.3) is 0 Å². The molecule has 8 nitrogen and oxygen atoms in total. The Kier molecular flexibility index (Phi) is 5.90. The van der Waals surface area contributed by atoms with Gasteiger partial charge in [-0.05, 0) is 25.0 Å². The van der Waals surface area contributed by atoms with Crippen molar-refractivity contribution in [2.24, 2.45) is 11.8 Å². The summed E-state index contributed by atoms with van der Waals surface area (Å²) in [5.41, 5.74) is 0.842. The number of anilines is 1. The first kappa shape index (κ1) is 21.4. The summed E-state index contributed by atoms with van der Waals surface area (Å²) in [6.45, 7) is 4.19. The predicted molar refractivity (Wildman–Crippen MR) is 117 cm³/mol. The second-order valence-corrected chi connectivity index (χ2v) is 9.27. The number of carbonyl (C=O) groups is 3. The highest BCUT2D eigenvalue weighted by Gasteiger charge is 2.43. The van der Waals surface area contributed by atoms with E-state index in [0.29, 0.717) is 58.8 Å². The largest absolute Gasteiger partial charge is 0.347 e. The Balaban J connectivity index is 1.11. The molecule has 1 unspecified atom stereocenters. The Hall–Kier alpha value is -2.45. The summed E-state index contributed by atoms with van der Waals surface area (Å²) >= 11 is 0. The topological polar surface area (TPSA) is 79.4 Å². The number of carbonyl (C=O) groups excluding carboxylic acids is 3. The lowest BCUT2D eigenvalue weighted by molar-refractivity contribution is -0.188. The van der Waals surface area contributed by atoms with Gasteiger partial charge in [-0.25, -0.2) is 0 Å². The number of para-hydroxylation sites is 1. The molecule has 1 atom stereocenters. The van der Waals surface area contributed by atoms with Gasteiger partial charge >= 0.3 is 0 Å². The first-order valence-electron chi connectivity index (χ1n) is 11.8. The summed E-state index contributed by atoms with van der Waals surface area (Å²) in [5.74, 6) is -0.588. The molecule has 1 aromatic rings. The first-order chi connectivity index (χ1) is 15.5. The van der Waals surface area contributed by atoms with Crippen molar-refractivity contribution in [2.45, 2.75) is 37.9 Å². The van der Waals surface area contributed by atoms with E-state index >= 15 is 0 Å². The van der Waals surface area contributed by atoms with E-state index in [-0.39, 0.29) is 36.0 Å². The summed E-state index contributed by atoms with van der Waals surface area (Å²) in [4.78, 5) is 44.1. The molecule has 0 radical (unpaired) electrons. The molecule has 32 heavy (non-hydrogen) atoms. The number of amides is 3. The van der Waals surface area contributed by atoms with E-state index in [4.69, 9.17) is 9.47 Å². The van der Waals surface area contributed by atoms with Crippen molar-refractivity contribution < 1.29 is 23.9 Å². The maximum absolute atomic E-state index is 13.1. The summed E-state index contributed by atoms with van der Waals surface area (Å²) in [7, 11) is 0. The molecule has 0 N–H and O–H groups in total. The Morgan fingerprint density at radius 3 is 2.09 bits per heavy atom. The first-order valence-corrected chi connectivity index (χ1v) is 11.8. The SMILES string of the molecule is O=C(C1CCN(C(=O)C2CC(=O)N(c3ccccc3)C2)CC1)N1CCC2(CC1)OCCO2. The van der Waals surface area contributed by atoms with E-state index < -0.39 is 5.79 Å². The molecule has 5 rings (SSSR count). The number of hydrogen-bond donors (Lipinski definition) is 0. The van der Waals surface area contributed by atoms with Gasteiger partial charge in [-0.15, -0.1) is 0 Å². The number of piperidine rings is 2. The van der Waals surface area contributed by atoms with Crippen molar-refractivity contribution in [1.29, 1.82) is 0 Å². The van der Waals surface area contributed by atoms with Gasteiger partial charge < -0.3 is 24.2 Å². The zero-order valence-electron chi connectivity index (χ0n) is 18.4. The van der Waals surface area contributed by atoms with Crippen molar-refractivity contribution in [2.75, 3.05) is 50.8 Å². The molecule has 4 aliphatic heterocycles. The average molecular weight is 442 g/mol. The van der Waals surface area contributed by atoms with Crippen LogP contribution < -0.4 is 4.90 Å². The number of benzene rings is 1. The van der Waals surface area contributed by atoms with Crippen LogP contribution in [-0.2, 0) is 23.9 Å². The molecular weight excluding hydrogens is 410 g/mol. The zero-order valence-corrected chi connectivity index (χ0v) is 18.4. The Morgan fingerprint density at radius 1 is 0.844 bits per heavy atom. The van der Waals surface area contributed by atoms with Gasteiger partial charge in [0, 0.05) is 63.6 Å². The van der Waals surface area contributed by atoms with Crippen LogP contribution in [0.3, 0.4) is 0 Å². The molecule has 4 heterocycles. The fraction of sp³-hybridized carbons (Fsp3) is 0.625. The second kappa shape index (κ2) is 8.83. The molecular formula is C24H31N3O5. The molecule has 1 aromatic carbocycles. The maximum atomic E-state index is 13.1. The maximum Gasteiger partial charge on any atom is 0.228 e. The minimum absolute atomic E-state index is 0.00212. The van der Waals surface area contributed by atoms with Gasteiger partial charge in [0.1, 0.15) is 0 Å². The van der Waals surface area contributed by atoms with Gasteiger partial charge in [0.05, 0.1) is 19.1 Å². The van der Waals surface area contributed by atoms with Crippen molar-refractivity contribution in [3.05, 3.63) is 30.3 Å². The van der Waals surface area contributed by atoms with E-state index in [1.54, 1.807) is 4.90 Å². The molecule has 3 amide bonds. The monoisotopic (exact) mass is 441 g/mol. The number of likely N-dealkylation sites (tertiary alicyclic amines) is 2. The van der Waals surface area contributed by atoms with Crippen LogP contribution in [0.4, 0.5) is 5.69 Å². The predicted octanol–water partition coefficient (Wildman–Crippen LogP) is 1.64. The number of ether oxygens (including phenoxy) is 2. The average Bonchev–Trinajstić information content (AvgIpc) is 3.46. The third kappa shape index (κ3) is 4.13. The van der Waals surface area contributed by atoms with Crippen LogP contribution in [0.1, 0.15) is 32.1 Å². The highest BCUT2D eigenvalue weighted by Crippen LogP contribution is 2.33. The number of rotatable bonds is 3. The minimum Gasteiger partial charge on any atom is -0.347 e. The van der Waals surface area contributed by atoms with E-state index in [2.05, 4.69) is 0 Å². The Morgan fingerprint density at radius 2 is 1.44 bits per heavy atom. The Bertz CT molecular complexity index is 852. The van der Waals surface area contributed by atoms with Gasteiger partial charge in [-0.1, -0.05) is 18.2 Å². The van der Waals surface area contributed by atoms with Crippen LogP contribution in [-0.4, -0.2) is 79.2 Å². The fourth-order valence-corrected chi connectivity index (χ4v) is 5.45. The molecule has 4 aliphatic rings. The van der Waals surface area contributed by atoms with Crippen molar-refractivity contribution in [3.8, 4) is 0 Å². The van der Waals surface area contributed by atoms with Crippen LogP contribution in [0.2, 0.25) is 0 Å². The molecule has 0 saturated carbocycles. The molecule has 1 spiro atoms. The molecule has 172 valence electrons. The van der Waals surface area contributed by atoms with Crippen LogP contribution in [0.15, 0.2) is 30.3 Å². The highest BCUT2D eigenvalue weighted by molar-refractivity contribution is 6.00. The van der Waals surface area contributed by atoms with E-state index in [1.165, 1.54) is 0 Å².